The Morgan fingerprint density at radius 1 is 0.815 bits per heavy atom. The lowest BCUT2D eigenvalue weighted by Crippen LogP contribution is -2.13. The second-order valence-corrected chi connectivity index (χ2v) is 8.44. The molecule has 0 heterocycles. The molecule has 2 heteroatoms. The van der Waals surface area contributed by atoms with E-state index in [2.05, 4.69) is 6.92 Å². The summed E-state index contributed by atoms with van der Waals surface area (Å²) in [7, 11) is 0. The number of halogens is 2. The molecule has 0 unspecified atom stereocenters. The maximum atomic E-state index is 12.3. The van der Waals surface area contributed by atoms with Gasteiger partial charge in [-0.3, -0.25) is 0 Å². The van der Waals surface area contributed by atoms with Gasteiger partial charge in [0.1, 0.15) is 0 Å². The summed E-state index contributed by atoms with van der Waals surface area (Å²) >= 11 is 0. The van der Waals surface area contributed by atoms with Crippen LogP contribution in [-0.4, -0.2) is 0 Å². The molecule has 1 aromatic rings. The van der Waals surface area contributed by atoms with Crippen molar-refractivity contribution in [1.29, 1.82) is 0 Å². The van der Waals surface area contributed by atoms with Crippen molar-refractivity contribution in [3.05, 3.63) is 41.5 Å². The number of hydrogen-bond acceptors (Lipinski definition) is 0. The van der Waals surface area contributed by atoms with E-state index in [1.54, 1.807) is 0 Å². The van der Waals surface area contributed by atoms with Crippen molar-refractivity contribution in [2.75, 3.05) is 0 Å². The summed E-state index contributed by atoms with van der Waals surface area (Å²) < 4.78 is 24.6. The van der Waals surface area contributed by atoms with Crippen molar-refractivity contribution in [1.82, 2.24) is 0 Å². The molecule has 1 aliphatic rings. The first-order valence-corrected chi connectivity index (χ1v) is 11.3. The summed E-state index contributed by atoms with van der Waals surface area (Å²) in [5.74, 6) is 1.53. The van der Waals surface area contributed by atoms with Gasteiger partial charge in [-0.25, -0.2) is 0 Å². The van der Waals surface area contributed by atoms with Gasteiger partial charge in [-0.05, 0) is 48.6 Å². The van der Waals surface area contributed by atoms with E-state index in [-0.39, 0.29) is 0 Å². The zero-order chi connectivity index (χ0) is 19.3. The minimum Gasteiger partial charge on any atom is -0.173 e. The molecule has 0 aliphatic heterocycles. The zero-order valence-electron chi connectivity index (χ0n) is 17.2. The largest absolute Gasteiger partial charge is 0.270 e. The average molecular weight is 377 g/mol. The van der Waals surface area contributed by atoms with Gasteiger partial charge in [0.15, 0.2) is 0 Å². The van der Waals surface area contributed by atoms with Crippen LogP contribution in [0.5, 0.6) is 0 Å². The lowest BCUT2D eigenvalue weighted by Gasteiger charge is -2.29. The van der Waals surface area contributed by atoms with Crippen LogP contribution in [0.2, 0.25) is 0 Å². The summed E-state index contributed by atoms with van der Waals surface area (Å²) in [6.07, 6.45) is 18.6. The van der Waals surface area contributed by atoms with Crippen LogP contribution in [0, 0.1) is 5.92 Å². The summed E-state index contributed by atoms with van der Waals surface area (Å²) in [5, 5.41) is 0. The second-order valence-electron chi connectivity index (χ2n) is 8.44. The average Bonchev–Trinajstić information content (AvgIpc) is 2.67. The van der Waals surface area contributed by atoms with Crippen molar-refractivity contribution in [2.45, 2.75) is 103 Å². The highest BCUT2D eigenvalue weighted by Crippen LogP contribution is 2.37. The SMILES string of the molecule is CCCCCCCCCCC[C@H]1CC[C@H](c2ccc(C=C(F)F)cc2)CC1. The molecule has 0 bridgehead atoms. The fourth-order valence-electron chi connectivity index (χ4n) is 4.52. The van der Waals surface area contributed by atoms with E-state index >= 15 is 0 Å². The summed E-state index contributed by atoms with van der Waals surface area (Å²) in [4.78, 5) is 0. The van der Waals surface area contributed by atoms with Crippen molar-refractivity contribution in [3.8, 4) is 0 Å². The van der Waals surface area contributed by atoms with Gasteiger partial charge in [0.2, 0.25) is 0 Å². The third-order valence-electron chi connectivity index (χ3n) is 6.25. The third kappa shape index (κ3) is 9.04. The second kappa shape index (κ2) is 13.1. The predicted molar refractivity (Wildman–Crippen MR) is 113 cm³/mol. The normalized spacial score (nSPS) is 19.8. The molecule has 0 atom stereocenters. The maximum Gasteiger partial charge on any atom is 0.270 e. The molecule has 2 rings (SSSR count). The summed E-state index contributed by atoms with van der Waals surface area (Å²) in [6.45, 7) is 2.28. The van der Waals surface area contributed by atoms with Gasteiger partial charge >= 0.3 is 0 Å². The van der Waals surface area contributed by atoms with Crippen molar-refractivity contribution >= 4 is 6.08 Å². The van der Waals surface area contributed by atoms with Crippen LogP contribution in [0.25, 0.3) is 6.08 Å². The van der Waals surface area contributed by atoms with Crippen LogP contribution >= 0.6 is 0 Å². The first-order chi connectivity index (χ1) is 13.2. The fraction of sp³-hybridized carbons (Fsp3) is 0.680. The first kappa shape index (κ1) is 22.1. The Bertz CT molecular complexity index is 520. The molecular weight excluding hydrogens is 338 g/mol. The fourth-order valence-corrected chi connectivity index (χ4v) is 4.52. The molecule has 1 saturated carbocycles. The standard InChI is InChI=1S/C25H38F2/c1-2-3-4-5-6-7-8-9-10-11-21-12-16-23(17-13-21)24-18-14-22(15-19-24)20-25(26)27/h14-15,18-21,23H,2-13,16-17H2,1H3/t21-,23-. The van der Waals surface area contributed by atoms with Crippen molar-refractivity contribution in [2.24, 2.45) is 5.92 Å². The molecule has 0 aromatic heterocycles. The van der Waals surface area contributed by atoms with Crippen LogP contribution < -0.4 is 0 Å². The molecular formula is C25H38F2. The lowest BCUT2D eigenvalue weighted by molar-refractivity contribution is 0.301. The van der Waals surface area contributed by atoms with Crippen LogP contribution in [-0.2, 0) is 0 Å². The van der Waals surface area contributed by atoms with E-state index in [4.69, 9.17) is 0 Å². The molecule has 1 fully saturated rings. The van der Waals surface area contributed by atoms with E-state index in [9.17, 15) is 8.78 Å². The quantitative estimate of drug-likeness (QED) is 0.319. The van der Waals surface area contributed by atoms with Crippen molar-refractivity contribution in [3.63, 3.8) is 0 Å². The number of hydrogen-bond donors (Lipinski definition) is 0. The van der Waals surface area contributed by atoms with E-state index in [1.807, 2.05) is 24.3 Å². The van der Waals surface area contributed by atoms with Crippen LogP contribution in [0.15, 0.2) is 30.3 Å². The molecule has 0 N–H and O–H groups in total. The van der Waals surface area contributed by atoms with E-state index in [1.165, 1.54) is 95.5 Å². The highest BCUT2D eigenvalue weighted by atomic mass is 19.3. The van der Waals surface area contributed by atoms with Crippen molar-refractivity contribution < 1.29 is 8.78 Å². The van der Waals surface area contributed by atoms with Gasteiger partial charge in [0, 0.05) is 6.08 Å². The number of rotatable bonds is 12. The number of benzene rings is 1. The van der Waals surface area contributed by atoms with Gasteiger partial charge in [-0.1, -0.05) is 95.4 Å². The van der Waals surface area contributed by atoms with E-state index in [0.29, 0.717) is 11.5 Å². The van der Waals surface area contributed by atoms with Crippen LogP contribution in [0.4, 0.5) is 8.78 Å². The minimum atomic E-state index is -1.63. The van der Waals surface area contributed by atoms with Gasteiger partial charge in [0.25, 0.3) is 6.08 Å². The number of unbranched alkanes of at least 4 members (excludes halogenated alkanes) is 8. The lowest BCUT2D eigenvalue weighted by atomic mass is 9.77. The molecule has 0 amide bonds. The predicted octanol–water partition coefficient (Wildman–Crippen LogP) is 9.12. The minimum absolute atomic E-state index is 0.595. The Hall–Kier alpha value is -1.18. The molecule has 0 radical (unpaired) electrons. The van der Waals surface area contributed by atoms with Crippen LogP contribution in [0.3, 0.4) is 0 Å². The van der Waals surface area contributed by atoms with Gasteiger partial charge in [-0.2, -0.15) is 8.78 Å². The van der Waals surface area contributed by atoms with Crippen LogP contribution in [0.1, 0.15) is 114 Å². The topological polar surface area (TPSA) is 0 Å². The zero-order valence-corrected chi connectivity index (χ0v) is 17.2. The van der Waals surface area contributed by atoms with Gasteiger partial charge in [0.05, 0.1) is 0 Å². The molecule has 0 spiro atoms. The van der Waals surface area contributed by atoms with Gasteiger partial charge < -0.3 is 0 Å². The van der Waals surface area contributed by atoms with Gasteiger partial charge in [-0.15, -0.1) is 0 Å². The highest BCUT2D eigenvalue weighted by molar-refractivity contribution is 5.50. The summed E-state index contributed by atoms with van der Waals surface area (Å²) in [5.41, 5.74) is 1.92. The van der Waals surface area contributed by atoms with E-state index < -0.39 is 6.08 Å². The molecule has 1 aromatic carbocycles. The summed E-state index contributed by atoms with van der Waals surface area (Å²) in [6, 6.07) is 7.73. The molecule has 27 heavy (non-hydrogen) atoms. The monoisotopic (exact) mass is 376 g/mol. The highest BCUT2D eigenvalue weighted by Gasteiger charge is 2.21. The molecule has 152 valence electrons. The Morgan fingerprint density at radius 2 is 1.37 bits per heavy atom. The van der Waals surface area contributed by atoms with E-state index in [0.717, 1.165) is 12.0 Å². The third-order valence-corrected chi connectivity index (χ3v) is 6.25. The Balaban J connectivity index is 1.56. The Kier molecular flexibility index (Phi) is 10.7. The maximum absolute atomic E-state index is 12.3. The first-order valence-electron chi connectivity index (χ1n) is 11.3. The molecule has 1 aliphatic carbocycles. The smallest absolute Gasteiger partial charge is 0.173 e. The Morgan fingerprint density at radius 3 is 1.93 bits per heavy atom. The molecule has 0 saturated heterocycles. The molecule has 0 nitrogen and oxygen atoms in total. The Labute approximate surface area is 165 Å².